The molecule has 0 radical (unpaired) electrons. The van der Waals surface area contributed by atoms with E-state index in [1.165, 1.54) is 12.0 Å². The van der Waals surface area contributed by atoms with Gasteiger partial charge in [-0.1, -0.05) is 31.1 Å². The number of hydrogen-bond donors (Lipinski definition) is 0. The van der Waals surface area contributed by atoms with E-state index < -0.39 is 0 Å². The van der Waals surface area contributed by atoms with Gasteiger partial charge in [-0.05, 0) is 62.3 Å². The van der Waals surface area contributed by atoms with Gasteiger partial charge in [-0.25, -0.2) is 0 Å². The molecule has 0 spiro atoms. The molecule has 0 N–H and O–H groups in total. The van der Waals surface area contributed by atoms with Crippen LogP contribution in [0.3, 0.4) is 0 Å². The number of carbonyl (C=O) groups is 1. The van der Waals surface area contributed by atoms with E-state index in [1.54, 1.807) is 7.11 Å². The van der Waals surface area contributed by atoms with Gasteiger partial charge < -0.3 is 19.1 Å². The second-order valence-corrected chi connectivity index (χ2v) is 9.03. The van der Waals surface area contributed by atoms with Crippen molar-refractivity contribution in [2.75, 3.05) is 39.8 Å². The fourth-order valence-electron chi connectivity index (χ4n) is 4.36. The Kier molecular flexibility index (Phi) is 8.52. The number of hydrogen-bond acceptors (Lipinski definition) is 5. The lowest BCUT2D eigenvalue weighted by molar-refractivity contribution is 0.0680. The maximum absolute atomic E-state index is 13.0. The quantitative estimate of drug-likeness (QED) is 0.566. The van der Waals surface area contributed by atoms with Gasteiger partial charge >= 0.3 is 0 Å². The Labute approximate surface area is 186 Å². The molecule has 1 saturated heterocycles. The summed E-state index contributed by atoms with van der Waals surface area (Å²) in [6, 6.07) is 10.1. The highest BCUT2D eigenvalue weighted by molar-refractivity contribution is 5.92. The lowest BCUT2D eigenvalue weighted by atomic mass is 9.96. The van der Waals surface area contributed by atoms with E-state index >= 15 is 0 Å². The van der Waals surface area contributed by atoms with Crippen LogP contribution in [0.25, 0.3) is 0 Å². The maximum atomic E-state index is 13.0. The topological polar surface area (TPSA) is 58.8 Å². The van der Waals surface area contributed by atoms with Crippen LogP contribution in [0.5, 0.6) is 5.75 Å². The first kappa shape index (κ1) is 23.3. The van der Waals surface area contributed by atoms with Crippen molar-refractivity contribution in [2.45, 2.75) is 46.5 Å². The van der Waals surface area contributed by atoms with Gasteiger partial charge in [0.25, 0.3) is 5.91 Å². The Bertz CT molecular complexity index is 833. The van der Waals surface area contributed by atoms with Gasteiger partial charge in [-0.15, -0.1) is 0 Å². The van der Waals surface area contributed by atoms with Gasteiger partial charge in [0, 0.05) is 38.7 Å². The molecule has 0 aliphatic carbocycles. The van der Waals surface area contributed by atoms with E-state index in [9.17, 15) is 4.79 Å². The van der Waals surface area contributed by atoms with Crippen molar-refractivity contribution in [1.29, 1.82) is 0 Å². The third-order valence-corrected chi connectivity index (χ3v) is 5.99. The van der Waals surface area contributed by atoms with Gasteiger partial charge in [0.2, 0.25) is 0 Å². The van der Waals surface area contributed by atoms with Crippen molar-refractivity contribution in [2.24, 2.45) is 11.8 Å². The zero-order valence-electron chi connectivity index (χ0n) is 19.5. The lowest BCUT2D eigenvalue weighted by Crippen LogP contribution is -2.43. The fraction of sp³-hybridized carbons (Fsp3) is 0.600. The SMILES string of the molecule is CCN(CC1CCCN(CCc2cccc(OC)c2)C1)C(=O)c1cc(CC(C)C)on1. The van der Waals surface area contributed by atoms with E-state index in [4.69, 9.17) is 9.26 Å². The lowest BCUT2D eigenvalue weighted by Gasteiger charge is -2.35. The average Bonchev–Trinajstić information content (AvgIpc) is 3.23. The number of aromatic nitrogens is 1. The first-order chi connectivity index (χ1) is 15.0. The Morgan fingerprint density at radius 3 is 2.94 bits per heavy atom. The molecule has 1 aromatic carbocycles. The standard InChI is InChI=1S/C25H37N3O3/c1-5-28(25(29)24-16-23(31-26-24)14-19(2)3)18-21-9-7-12-27(17-21)13-11-20-8-6-10-22(15-20)30-4/h6,8,10,15-16,19,21H,5,7,9,11-14,17-18H2,1-4H3. The number of piperidine rings is 1. The van der Waals surface area contributed by atoms with Gasteiger partial charge in [0.1, 0.15) is 11.5 Å². The normalized spacial score (nSPS) is 17.1. The summed E-state index contributed by atoms with van der Waals surface area (Å²) in [7, 11) is 1.71. The highest BCUT2D eigenvalue weighted by Gasteiger charge is 2.25. The summed E-state index contributed by atoms with van der Waals surface area (Å²) in [5, 5.41) is 4.04. The van der Waals surface area contributed by atoms with Crippen molar-refractivity contribution in [1.82, 2.24) is 15.0 Å². The Morgan fingerprint density at radius 2 is 2.19 bits per heavy atom. The first-order valence-electron chi connectivity index (χ1n) is 11.6. The molecule has 6 nitrogen and oxygen atoms in total. The van der Waals surface area contributed by atoms with E-state index in [2.05, 4.69) is 36.0 Å². The fourth-order valence-corrected chi connectivity index (χ4v) is 4.36. The Balaban J connectivity index is 1.52. The van der Waals surface area contributed by atoms with Crippen LogP contribution in [0, 0.1) is 11.8 Å². The molecule has 1 aliphatic heterocycles. The molecule has 1 atom stereocenters. The summed E-state index contributed by atoms with van der Waals surface area (Å²) in [5.41, 5.74) is 1.73. The van der Waals surface area contributed by atoms with E-state index in [0.717, 1.165) is 57.0 Å². The van der Waals surface area contributed by atoms with Crippen LogP contribution >= 0.6 is 0 Å². The maximum Gasteiger partial charge on any atom is 0.276 e. The monoisotopic (exact) mass is 427 g/mol. The largest absolute Gasteiger partial charge is 0.497 e. The van der Waals surface area contributed by atoms with Crippen LogP contribution in [0.15, 0.2) is 34.9 Å². The third kappa shape index (κ3) is 6.82. The second kappa shape index (κ2) is 11.3. The molecule has 0 bridgehead atoms. The van der Waals surface area contributed by atoms with Crippen molar-refractivity contribution in [3.05, 3.63) is 47.3 Å². The minimum Gasteiger partial charge on any atom is -0.497 e. The summed E-state index contributed by atoms with van der Waals surface area (Å²) >= 11 is 0. The predicted octanol–water partition coefficient (Wildman–Crippen LogP) is 4.30. The van der Waals surface area contributed by atoms with E-state index in [0.29, 0.717) is 24.1 Å². The molecule has 1 unspecified atom stereocenters. The van der Waals surface area contributed by atoms with Crippen LogP contribution < -0.4 is 4.74 Å². The average molecular weight is 428 g/mol. The van der Waals surface area contributed by atoms with Crippen LogP contribution in [0.2, 0.25) is 0 Å². The number of ether oxygens (including phenoxy) is 1. The zero-order valence-corrected chi connectivity index (χ0v) is 19.5. The molecule has 3 rings (SSSR count). The second-order valence-electron chi connectivity index (χ2n) is 9.03. The summed E-state index contributed by atoms with van der Waals surface area (Å²) in [5.74, 6) is 2.65. The molecule has 31 heavy (non-hydrogen) atoms. The van der Waals surface area contributed by atoms with Crippen LogP contribution in [-0.4, -0.2) is 60.7 Å². The van der Waals surface area contributed by atoms with Crippen LogP contribution in [-0.2, 0) is 12.8 Å². The number of rotatable bonds is 10. The summed E-state index contributed by atoms with van der Waals surface area (Å²) in [6.07, 6.45) is 4.16. The highest BCUT2D eigenvalue weighted by atomic mass is 16.5. The Morgan fingerprint density at radius 1 is 1.35 bits per heavy atom. The number of likely N-dealkylation sites (tertiary alicyclic amines) is 1. The molecule has 2 aromatic rings. The zero-order chi connectivity index (χ0) is 22.2. The molecule has 1 aliphatic rings. The summed E-state index contributed by atoms with van der Waals surface area (Å²) < 4.78 is 10.7. The van der Waals surface area contributed by atoms with Gasteiger partial charge in [-0.3, -0.25) is 4.79 Å². The molecular formula is C25H37N3O3. The summed E-state index contributed by atoms with van der Waals surface area (Å²) in [6.45, 7) is 11.0. The van der Waals surface area contributed by atoms with Crippen molar-refractivity contribution in [3.63, 3.8) is 0 Å². The van der Waals surface area contributed by atoms with Gasteiger partial charge in [0.05, 0.1) is 7.11 Å². The van der Waals surface area contributed by atoms with Gasteiger partial charge in [0.15, 0.2) is 5.69 Å². The molecule has 1 amide bonds. The van der Waals surface area contributed by atoms with Crippen molar-refractivity contribution < 1.29 is 14.1 Å². The van der Waals surface area contributed by atoms with Gasteiger partial charge in [-0.2, -0.15) is 0 Å². The summed E-state index contributed by atoms with van der Waals surface area (Å²) in [4.78, 5) is 17.4. The Hall–Kier alpha value is -2.34. The molecule has 1 fully saturated rings. The minimum absolute atomic E-state index is 0.0187. The van der Waals surface area contributed by atoms with E-state index in [-0.39, 0.29) is 5.91 Å². The molecule has 0 saturated carbocycles. The van der Waals surface area contributed by atoms with Crippen LogP contribution in [0.1, 0.15) is 55.4 Å². The van der Waals surface area contributed by atoms with Crippen molar-refractivity contribution >= 4 is 5.91 Å². The number of benzene rings is 1. The number of nitrogens with zero attached hydrogens (tertiary/aromatic N) is 3. The molecule has 1 aromatic heterocycles. The number of methoxy groups -OCH3 is 1. The third-order valence-electron chi connectivity index (χ3n) is 5.99. The minimum atomic E-state index is -0.0187. The molecule has 2 heterocycles. The van der Waals surface area contributed by atoms with Crippen LogP contribution in [0.4, 0.5) is 0 Å². The smallest absolute Gasteiger partial charge is 0.276 e. The highest BCUT2D eigenvalue weighted by Crippen LogP contribution is 2.20. The van der Waals surface area contributed by atoms with Crippen molar-refractivity contribution in [3.8, 4) is 5.75 Å². The predicted molar refractivity (Wildman–Crippen MR) is 122 cm³/mol. The number of amides is 1. The molecular weight excluding hydrogens is 390 g/mol. The number of carbonyl (C=O) groups excluding carboxylic acids is 1. The molecule has 6 heteroatoms. The molecule has 170 valence electrons. The van der Waals surface area contributed by atoms with E-state index in [1.807, 2.05) is 30.0 Å². The first-order valence-corrected chi connectivity index (χ1v) is 11.6.